The molecule has 0 spiro atoms. The van der Waals surface area contributed by atoms with Gasteiger partial charge < -0.3 is 5.32 Å². The largest absolute Gasteiger partial charge is 0.325 e. The molecule has 1 unspecified atom stereocenters. The minimum atomic E-state index is 0.102. The molecule has 1 aliphatic heterocycles. The third-order valence-corrected chi connectivity index (χ3v) is 4.26. The van der Waals surface area contributed by atoms with E-state index >= 15 is 0 Å². The Labute approximate surface area is 104 Å². The smallest absolute Gasteiger partial charge is 0.232 e. The summed E-state index contributed by atoms with van der Waals surface area (Å²) in [7, 11) is 0. The van der Waals surface area contributed by atoms with Crippen molar-refractivity contribution >= 4 is 27.5 Å². The van der Waals surface area contributed by atoms with E-state index in [0.717, 1.165) is 10.2 Å². The van der Waals surface area contributed by atoms with Crippen LogP contribution in [0.4, 0.5) is 5.69 Å². The molecule has 2 nitrogen and oxygen atoms in total. The summed E-state index contributed by atoms with van der Waals surface area (Å²) < 4.78 is 1.03. The predicted molar refractivity (Wildman–Crippen MR) is 67.5 cm³/mol. The Bertz CT molecular complexity index is 438. The Hall–Kier alpha value is -0.830. The van der Waals surface area contributed by atoms with Crippen molar-refractivity contribution in [3.05, 3.63) is 28.2 Å². The number of amides is 1. The highest BCUT2D eigenvalue weighted by Crippen LogP contribution is 2.44. The molecule has 16 heavy (non-hydrogen) atoms. The molecule has 3 rings (SSSR count). The Morgan fingerprint density at radius 2 is 2.00 bits per heavy atom. The van der Waals surface area contributed by atoms with Crippen LogP contribution in [0.15, 0.2) is 22.7 Å². The number of benzene rings is 1. The van der Waals surface area contributed by atoms with Crippen LogP contribution in [0.1, 0.15) is 37.2 Å². The molecule has 0 saturated heterocycles. The average molecular weight is 280 g/mol. The summed E-state index contributed by atoms with van der Waals surface area (Å²) in [5.74, 6) is 0.855. The van der Waals surface area contributed by atoms with E-state index in [9.17, 15) is 4.79 Å². The maximum atomic E-state index is 12.0. The Morgan fingerprint density at radius 3 is 2.75 bits per heavy atom. The van der Waals surface area contributed by atoms with Crippen LogP contribution in [0, 0.1) is 5.92 Å². The predicted octanol–water partition coefficient (Wildman–Crippen LogP) is 3.68. The summed E-state index contributed by atoms with van der Waals surface area (Å²) in [6.07, 6.45) is 4.96. The number of carbonyl (C=O) groups excluding carboxylic acids is 1. The van der Waals surface area contributed by atoms with E-state index in [1.54, 1.807) is 0 Å². The minimum Gasteiger partial charge on any atom is -0.325 e. The molecule has 3 heteroatoms. The van der Waals surface area contributed by atoms with E-state index in [1.807, 2.05) is 12.1 Å². The normalized spacial score (nSPS) is 24.6. The van der Waals surface area contributed by atoms with Gasteiger partial charge >= 0.3 is 0 Å². The highest BCUT2D eigenvalue weighted by Gasteiger charge is 2.37. The van der Waals surface area contributed by atoms with Gasteiger partial charge in [0.1, 0.15) is 0 Å². The number of carbonyl (C=O) groups is 1. The van der Waals surface area contributed by atoms with Crippen LogP contribution < -0.4 is 5.32 Å². The second kappa shape index (κ2) is 3.88. The van der Waals surface area contributed by atoms with Crippen LogP contribution in [-0.2, 0) is 4.79 Å². The van der Waals surface area contributed by atoms with Crippen molar-refractivity contribution in [2.45, 2.75) is 31.6 Å². The monoisotopic (exact) mass is 279 g/mol. The van der Waals surface area contributed by atoms with Crippen LogP contribution >= 0.6 is 15.9 Å². The maximum Gasteiger partial charge on any atom is 0.232 e. The fourth-order valence-electron chi connectivity index (χ4n) is 3.02. The van der Waals surface area contributed by atoms with Crippen molar-refractivity contribution in [2.24, 2.45) is 5.92 Å². The number of halogens is 1. The molecule has 1 heterocycles. The van der Waals surface area contributed by atoms with Gasteiger partial charge in [0.2, 0.25) is 5.91 Å². The van der Waals surface area contributed by atoms with Crippen LogP contribution in [0.5, 0.6) is 0 Å². The van der Waals surface area contributed by atoms with Gasteiger partial charge in [0, 0.05) is 10.2 Å². The zero-order chi connectivity index (χ0) is 11.1. The molecule has 1 aromatic carbocycles. The first-order chi connectivity index (χ1) is 7.75. The molecule has 1 saturated carbocycles. The molecule has 1 amide bonds. The summed E-state index contributed by atoms with van der Waals surface area (Å²) in [4.78, 5) is 12.0. The van der Waals surface area contributed by atoms with Gasteiger partial charge in [0.25, 0.3) is 0 Å². The third-order valence-electron chi connectivity index (χ3n) is 3.76. The number of anilines is 1. The lowest BCUT2D eigenvalue weighted by atomic mass is 9.86. The second-order valence-corrected chi connectivity index (χ2v) is 5.66. The molecule has 1 fully saturated rings. The molecule has 0 bridgehead atoms. The van der Waals surface area contributed by atoms with Gasteiger partial charge in [0.05, 0.1) is 5.92 Å². The standard InChI is InChI=1S/C13H14BrNO/c14-9-5-6-10-11(7-9)15-13(16)12(10)8-3-1-2-4-8/h5-8,12H,1-4H2,(H,15,16). The highest BCUT2D eigenvalue weighted by atomic mass is 79.9. The van der Waals surface area contributed by atoms with E-state index in [1.165, 1.54) is 31.2 Å². The summed E-state index contributed by atoms with van der Waals surface area (Å²) in [6.45, 7) is 0. The van der Waals surface area contributed by atoms with Crippen molar-refractivity contribution in [3.8, 4) is 0 Å². The third kappa shape index (κ3) is 1.58. The summed E-state index contributed by atoms with van der Waals surface area (Å²) in [5.41, 5.74) is 2.19. The van der Waals surface area contributed by atoms with E-state index in [0.29, 0.717) is 5.92 Å². The van der Waals surface area contributed by atoms with Crippen LogP contribution in [0.2, 0.25) is 0 Å². The van der Waals surface area contributed by atoms with Crippen molar-refractivity contribution in [3.63, 3.8) is 0 Å². The fourth-order valence-corrected chi connectivity index (χ4v) is 3.38. The second-order valence-electron chi connectivity index (χ2n) is 4.74. The van der Waals surface area contributed by atoms with Crippen LogP contribution in [-0.4, -0.2) is 5.91 Å². The molecular formula is C13H14BrNO. The lowest BCUT2D eigenvalue weighted by Crippen LogP contribution is -2.18. The molecule has 84 valence electrons. The Kier molecular flexibility index (Phi) is 2.51. The number of fused-ring (bicyclic) bond motifs is 1. The van der Waals surface area contributed by atoms with Gasteiger partial charge in [-0.3, -0.25) is 4.79 Å². The fraction of sp³-hybridized carbons (Fsp3) is 0.462. The zero-order valence-electron chi connectivity index (χ0n) is 9.00. The van der Waals surface area contributed by atoms with Crippen molar-refractivity contribution in [1.82, 2.24) is 0 Å². The first-order valence-corrected chi connectivity index (χ1v) is 6.65. The summed E-state index contributed by atoms with van der Waals surface area (Å²) in [6, 6.07) is 6.11. The quantitative estimate of drug-likeness (QED) is 0.835. The molecular weight excluding hydrogens is 266 g/mol. The van der Waals surface area contributed by atoms with Gasteiger partial charge in [-0.05, 0) is 36.5 Å². The first kappa shape index (κ1) is 10.3. The molecule has 1 aliphatic carbocycles. The lowest BCUT2D eigenvalue weighted by Gasteiger charge is -2.16. The highest BCUT2D eigenvalue weighted by molar-refractivity contribution is 9.10. The van der Waals surface area contributed by atoms with E-state index in [4.69, 9.17) is 0 Å². The number of hydrogen-bond acceptors (Lipinski definition) is 1. The first-order valence-electron chi connectivity index (χ1n) is 5.86. The number of nitrogens with one attached hydrogen (secondary N) is 1. The molecule has 0 aromatic heterocycles. The molecule has 0 radical (unpaired) electrons. The van der Waals surface area contributed by atoms with Gasteiger partial charge in [-0.25, -0.2) is 0 Å². The summed E-state index contributed by atoms with van der Waals surface area (Å²) >= 11 is 3.44. The average Bonchev–Trinajstić information content (AvgIpc) is 2.83. The maximum absolute atomic E-state index is 12.0. The minimum absolute atomic E-state index is 0.102. The van der Waals surface area contributed by atoms with E-state index in [2.05, 4.69) is 27.3 Å². The van der Waals surface area contributed by atoms with Crippen LogP contribution in [0.25, 0.3) is 0 Å². The van der Waals surface area contributed by atoms with Gasteiger partial charge in [0.15, 0.2) is 0 Å². The topological polar surface area (TPSA) is 29.1 Å². The van der Waals surface area contributed by atoms with Gasteiger partial charge in [-0.2, -0.15) is 0 Å². The molecule has 1 atom stereocenters. The van der Waals surface area contributed by atoms with E-state index in [-0.39, 0.29) is 11.8 Å². The van der Waals surface area contributed by atoms with Crippen molar-refractivity contribution in [2.75, 3.05) is 5.32 Å². The van der Waals surface area contributed by atoms with Crippen molar-refractivity contribution < 1.29 is 4.79 Å². The lowest BCUT2D eigenvalue weighted by molar-refractivity contribution is -0.118. The SMILES string of the molecule is O=C1Nc2cc(Br)ccc2C1C1CCCC1. The molecule has 2 aliphatic rings. The molecule has 1 N–H and O–H groups in total. The summed E-state index contributed by atoms with van der Waals surface area (Å²) in [5, 5.41) is 3.00. The van der Waals surface area contributed by atoms with Crippen LogP contribution in [0.3, 0.4) is 0 Å². The Morgan fingerprint density at radius 1 is 1.25 bits per heavy atom. The van der Waals surface area contributed by atoms with Gasteiger partial charge in [-0.1, -0.05) is 34.8 Å². The Balaban J connectivity index is 1.98. The van der Waals surface area contributed by atoms with Crippen molar-refractivity contribution in [1.29, 1.82) is 0 Å². The molecule has 1 aromatic rings. The number of rotatable bonds is 1. The number of hydrogen-bond donors (Lipinski definition) is 1. The van der Waals surface area contributed by atoms with E-state index < -0.39 is 0 Å². The van der Waals surface area contributed by atoms with Gasteiger partial charge in [-0.15, -0.1) is 0 Å². The zero-order valence-corrected chi connectivity index (χ0v) is 10.6.